The van der Waals surface area contributed by atoms with Gasteiger partial charge >= 0.3 is 6.09 Å². The number of carbonyl (C=O) groups excluding carboxylic acids is 2. The number of nitrogens with zero attached hydrogens (tertiary/aromatic N) is 3. The molecule has 0 saturated heterocycles. The lowest BCUT2D eigenvalue weighted by Gasteiger charge is -2.26. The molecule has 33 heavy (non-hydrogen) atoms. The van der Waals surface area contributed by atoms with E-state index in [9.17, 15) is 14.9 Å². The van der Waals surface area contributed by atoms with Crippen molar-refractivity contribution in [1.29, 1.82) is 5.26 Å². The van der Waals surface area contributed by atoms with Crippen LogP contribution < -0.4 is 16.0 Å². The van der Waals surface area contributed by atoms with Gasteiger partial charge in [-0.05, 0) is 38.0 Å². The Balaban J connectivity index is 1.86. The van der Waals surface area contributed by atoms with Crippen LogP contribution in [0.2, 0.25) is 0 Å². The van der Waals surface area contributed by atoms with Crippen LogP contribution in [0.5, 0.6) is 5.75 Å². The minimum Gasteiger partial charge on any atom is -0.490 e. The van der Waals surface area contributed by atoms with Gasteiger partial charge in [-0.1, -0.05) is 12.1 Å². The zero-order valence-electron chi connectivity index (χ0n) is 18.2. The number of nitrogens with two attached hydrogens (primary N) is 1. The summed E-state index contributed by atoms with van der Waals surface area (Å²) in [5.74, 6) is -0.0910. The number of amides is 2. The van der Waals surface area contributed by atoms with Crippen molar-refractivity contribution in [2.45, 2.75) is 26.8 Å². The molecule has 0 unspecified atom stereocenters. The topological polar surface area (TPSA) is 131 Å². The summed E-state index contributed by atoms with van der Waals surface area (Å²) in [6, 6.07) is 9.16. The van der Waals surface area contributed by atoms with Gasteiger partial charge in [0.1, 0.15) is 16.6 Å². The molecular weight excluding hydrogens is 444 g/mol. The quantitative estimate of drug-likeness (QED) is 0.611. The van der Waals surface area contributed by atoms with Gasteiger partial charge < -0.3 is 24.5 Å². The Morgan fingerprint density at radius 1 is 1.33 bits per heavy atom. The lowest BCUT2D eigenvalue weighted by Crippen LogP contribution is -2.36. The van der Waals surface area contributed by atoms with Crippen molar-refractivity contribution < 1.29 is 23.5 Å². The highest BCUT2D eigenvalue weighted by Crippen LogP contribution is 2.39. The molecule has 0 aliphatic carbocycles. The van der Waals surface area contributed by atoms with Gasteiger partial charge in [0.05, 0.1) is 25.3 Å². The van der Waals surface area contributed by atoms with E-state index in [1.165, 1.54) is 11.3 Å². The van der Waals surface area contributed by atoms with Crippen LogP contribution in [-0.4, -0.2) is 36.7 Å². The fraction of sp³-hybridized carbons (Fsp3) is 0.304. The summed E-state index contributed by atoms with van der Waals surface area (Å²) >= 11 is 1.25. The molecule has 0 saturated carbocycles. The number of hydrogen-bond acceptors (Lipinski definition) is 8. The van der Waals surface area contributed by atoms with Crippen molar-refractivity contribution >= 4 is 39.3 Å². The number of hydrogen-bond donors (Lipinski definition) is 1. The number of fused-ring (bicyclic) bond motifs is 2. The first-order valence-corrected chi connectivity index (χ1v) is 11.3. The van der Waals surface area contributed by atoms with Gasteiger partial charge in [-0.25, -0.2) is 9.79 Å². The Kier molecular flexibility index (Phi) is 6.33. The Bertz CT molecular complexity index is 1350. The normalized spacial score (nSPS) is 13.5. The molecule has 4 rings (SSSR count). The van der Waals surface area contributed by atoms with Gasteiger partial charge in [-0.15, -0.1) is 11.3 Å². The lowest BCUT2D eigenvalue weighted by molar-refractivity contribution is 0.0997. The summed E-state index contributed by atoms with van der Waals surface area (Å²) in [5.41, 5.74) is 7.46. The molecule has 3 heterocycles. The summed E-state index contributed by atoms with van der Waals surface area (Å²) in [6.07, 6.45) is 0.0443. The monoisotopic (exact) mass is 466 g/mol. The van der Waals surface area contributed by atoms with Gasteiger partial charge in [0.2, 0.25) is 5.55 Å². The first-order valence-electron chi connectivity index (χ1n) is 10.5. The molecular formula is C23H22N4O5S. The lowest BCUT2D eigenvalue weighted by atomic mass is 10.0. The molecule has 0 fully saturated rings. The number of nitriles is 1. The van der Waals surface area contributed by atoms with E-state index in [0.717, 1.165) is 10.4 Å². The number of ether oxygens (including phenoxy) is 2. The molecule has 0 spiro atoms. The predicted octanol–water partition coefficient (Wildman–Crippen LogP) is 3.61. The summed E-state index contributed by atoms with van der Waals surface area (Å²) in [4.78, 5) is 31.4. The zero-order valence-corrected chi connectivity index (χ0v) is 19.0. The van der Waals surface area contributed by atoms with E-state index >= 15 is 0 Å². The molecule has 1 aromatic carbocycles. The number of benzene rings is 1. The van der Waals surface area contributed by atoms with E-state index in [1.54, 1.807) is 24.0 Å². The van der Waals surface area contributed by atoms with E-state index in [1.807, 2.05) is 19.1 Å². The molecule has 170 valence electrons. The number of primary amides is 1. The Morgan fingerprint density at radius 2 is 2.15 bits per heavy atom. The third-order valence-corrected chi connectivity index (χ3v) is 6.28. The number of carbonyl (C=O) groups is 2. The summed E-state index contributed by atoms with van der Waals surface area (Å²) < 4.78 is 16.7. The molecule has 1 aliphatic heterocycles. The minimum absolute atomic E-state index is 0.0560. The first kappa shape index (κ1) is 22.4. The van der Waals surface area contributed by atoms with Crippen molar-refractivity contribution in [3.63, 3.8) is 0 Å². The van der Waals surface area contributed by atoms with Crippen LogP contribution >= 0.6 is 11.3 Å². The van der Waals surface area contributed by atoms with Crippen molar-refractivity contribution in [3.05, 3.63) is 51.4 Å². The van der Waals surface area contributed by atoms with Crippen LogP contribution in [0.3, 0.4) is 0 Å². The number of para-hydroxylation sites is 1. The maximum absolute atomic E-state index is 12.3. The van der Waals surface area contributed by atoms with E-state index < -0.39 is 12.0 Å². The second kappa shape index (κ2) is 9.34. The average molecular weight is 467 g/mol. The zero-order chi connectivity index (χ0) is 23.5. The van der Waals surface area contributed by atoms with E-state index in [2.05, 4.69) is 11.1 Å². The highest BCUT2D eigenvalue weighted by molar-refractivity contribution is 7.16. The van der Waals surface area contributed by atoms with Gasteiger partial charge in [0.25, 0.3) is 5.91 Å². The van der Waals surface area contributed by atoms with Crippen LogP contribution in [0.1, 0.15) is 40.2 Å². The van der Waals surface area contributed by atoms with E-state index in [0.29, 0.717) is 47.8 Å². The minimum atomic E-state index is -0.620. The SMILES string of the molecule is CCOC(=O)N1CCc2c(sc(/N=c3\oc4c(OCC)cccc4cc3C#N)c2C(N)=O)C1. The van der Waals surface area contributed by atoms with Gasteiger partial charge in [-0.3, -0.25) is 4.79 Å². The second-order valence-electron chi connectivity index (χ2n) is 7.22. The average Bonchev–Trinajstić information content (AvgIpc) is 3.16. The molecule has 2 N–H and O–H groups in total. The Morgan fingerprint density at radius 3 is 2.85 bits per heavy atom. The van der Waals surface area contributed by atoms with Gasteiger partial charge in [-0.2, -0.15) is 5.26 Å². The van der Waals surface area contributed by atoms with Crippen LogP contribution in [0.25, 0.3) is 11.0 Å². The van der Waals surface area contributed by atoms with Gasteiger partial charge in [0.15, 0.2) is 11.3 Å². The molecule has 0 atom stereocenters. The number of thiophene rings is 1. The van der Waals surface area contributed by atoms with Crippen LogP contribution in [0, 0.1) is 11.3 Å². The fourth-order valence-electron chi connectivity index (χ4n) is 3.74. The molecule has 9 nitrogen and oxygen atoms in total. The summed E-state index contributed by atoms with van der Waals surface area (Å²) in [7, 11) is 0. The summed E-state index contributed by atoms with van der Waals surface area (Å²) in [6.45, 7) is 5.04. The fourth-order valence-corrected chi connectivity index (χ4v) is 4.98. The molecule has 0 radical (unpaired) electrons. The molecule has 3 aromatic rings. The van der Waals surface area contributed by atoms with E-state index in [-0.39, 0.29) is 23.3 Å². The highest BCUT2D eigenvalue weighted by atomic mass is 32.1. The third kappa shape index (κ3) is 4.27. The van der Waals surface area contributed by atoms with E-state index in [4.69, 9.17) is 19.6 Å². The van der Waals surface area contributed by atoms with Crippen LogP contribution in [-0.2, 0) is 17.7 Å². The van der Waals surface area contributed by atoms with Crippen molar-refractivity contribution in [2.24, 2.45) is 10.7 Å². The van der Waals surface area contributed by atoms with Crippen LogP contribution in [0.15, 0.2) is 33.7 Å². The molecule has 2 aromatic heterocycles. The molecule has 2 amide bonds. The predicted molar refractivity (Wildman–Crippen MR) is 121 cm³/mol. The Labute approximate surface area is 193 Å². The third-order valence-electron chi connectivity index (χ3n) is 5.17. The smallest absolute Gasteiger partial charge is 0.410 e. The first-order chi connectivity index (χ1) is 16.0. The van der Waals surface area contributed by atoms with Crippen LogP contribution in [0.4, 0.5) is 9.80 Å². The Hall–Kier alpha value is -3.84. The van der Waals surface area contributed by atoms with Crippen molar-refractivity contribution in [3.8, 4) is 11.8 Å². The number of rotatable bonds is 5. The van der Waals surface area contributed by atoms with Crippen molar-refractivity contribution in [2.75, 3.05) is 19.8 Å². The molecule has 10 heteroatoms. The highest BCUT2D eigenvalue weighted by Gasteiger charge is 2.29. The van der Waals surface area contributed by atoms with Crippen molar-refractivity contribution in [1.82, 2.24) is 4.90 Å². The standard InChI is InChI=1S/C23H22N4O5S/c1-3-30-16-7-5-6-13-10-14(11-24)21(32-19(13)16)26-22-18(20(25)28)15-8-9-27(12-17(15)33-22)23(29)31-4-2/h5-7,10H,3-4,8-9,12H2,1-2H3,(H2,25,28)/b26-21-. The molecule has 1 aliphatic rings. The maximum Gasteiger partial charge on any atom is 0.410 e. The maximum atomic E-state index is 12.3. The largest absolute Gasteiger partial charge is 0.490 e. The summed E-state index contributed by atoms with van der Waals surface area (Å²) in [5, 5.41) is 10.7. The molecule has 0 bridgehead atoms. The second-order valence-corrected chi connectivity index (χ2v) is 8.30. The van der Waals surface area contributed by atoms with Gasteiger partial charge in [0, 0.05) is 16.8 Å².